The van der Waals surface area contributed by atoms with E-state index in [4.69, 9.17) is 4.74 Å². The van der Waals surface area contributed by atoms with Crippen LogP contribution in [-0.2, 0) is 14.3 Å². The van der Waals surface area contributed by atoms with Crippen LogP contribution in [0.25, 0.3) is 0 Å². The maximum absolute atomic E-state index is 11.9. The molecule has 0 aliphatic heterocycles. The number of rotatable bonds is 62. The number of ether oxygens (including phenoxy) is 1. The molecule has 74 heavy (non-hydrogen) atoms. The van der Waals surface area contributed by atoms with E-state index in [1.165, 1.54) is 302 Å². The molecule has 0 heterocycles. The van der Waals surface area contributed by atoms with Gasteiger partial charge in [-0.15, -0.1) is 0 Å². The van der Waals surface area contributed by atoms with Crippen molar-refractivity contribution in [2.75, 3.05) is 6.61 Å². The average Bonchev–Trinajstić information content (AvgIpc) is 3.39. The molecule has 1 unspecified atom stereocenters. The Morgan fingerprint density at radius 3 is 0.811 bits per heavy atom. The van der Waals surface area contributed by atoms with E-state index in [0.29, 0.717) is 25.9 Å². The summed E-state index contributed by atoms with van der Waals surface area (Å²) in [5.74, 6) is -1.01. The number of carbonyl (C=O) groups excluding carboxylic acids is 1. The summed E-state index contributed by atoms with van der Waals surface area (Å²) in [4.78, 5) is 23.6. The van der Waals surface area contributed by atoms with Crippen LogP contribution < -0.4 is 0 Å². The Labute approximate surface area is 464 Å². The molecule has 0 aromatic heterocycles. The molecule has 3 N–H and O–H groups in total. The van der Waals surface area contributed by atoms with Crippen molar-refractivity contribution in [3.63, 3.8) is 0 Å². The largest absolute Gasteiger partial charge is 0.479 e. The van der Waals surface area contributed by atoms with Gasteiger partial charge in [0.05, 0.1) is 12.7 Å². The second-order valence-electron chi connectivity index (χ2n) is 23.7. The number of carbonyl (C=O) groups is 2. The van der Waals surface area contributed by atoms with Gasteiger partial charge in [-0.2, -0.15) is 0 Å². The van der Waals surface area contributed by atoms with Gasteiger partial charge in [-0.05, 0) is 51.4 Å². The van der Waals surface area contributed by atoms with Crippen molar-refractivity contribution in [1.82, 2.24) is 0 Å². The summed E-state index contributed by atoms with van der Waals surface area (Å²) >= 11 is 0. The lowest BCUT2D eigenvalue weighted by atomic mass is 9.89. The summed E-state index contributed by atoms with van der Waals surface area (Å²) in [5.41, 5.74) is -1.51. The van der Waals surface area contributed by atoms with E-state index in [1.807, 2.05) is 0 Å². The monoisotopic (exact) mass is 1050 g/mol. The predicted molar refractivity (Wildman–Crippen MR) is 325 cm³/mol. The lowest BCUT2D eigenvalue weighted by Crippen LogP contribution is -2.38. The summed E-state index contributed by atoms with van der Waals surface area (Å²) in [6, 6.07) is 0. The van der Waals surface area contributed by atoms with Gasteiger partial charge >= 0.3 is 11.9 Å². The molecule has 1 atom stereocenters. The summed E-state index contributed by atoms with van der Waals surface area (Å²) < 4.78 is 5.42. The van der Waals surface area contributed by atoms with Gasteiger partial charge in [0, 0.05) is 6.42 Å². The van der Waals surface area contributed by atoms with Crippen molar-refractivity contribution in [3.8, 4) is 0 Å². The van der Waals surface area contributed by atoms with E-state index in [2.05, 4.69) is 27.7 Å². The van der Waals surface area contributed by atoms with E-state index in [-0.39, 0.29) is 12.1 Å². The number of unbranched alkanes of at least 4 members (excludes halogenated alkanes) is 49. The predicted octanol–water partition coefficient (Wildman–Crippen LogP) is 22.8. The van der Waals surface area contributed by atoms with Crippen molar-refractivity contribution in [1.29, 1.82) is 0 Å². The molecular formula is C68H136O6. The van der Waals surface area contributed by atoms with E-state index in [1.54, 1.807) is 0 Å². The van der Waals surface area contributed by atoms with Gasteiger partial charge in [0.1, 0.15) is 0 Å². The molecule has 0 bridgehead atoms. The molecule has 0 aliphatic carbocycles. The molecule has 0 rings (SSSR count). The van der Waals surface area contributed by atoms with Gasteiger partial charge in [0.25, 0.3) is 0 Å². The average molecular weight is 1050 g/mol. The smallest absolute Gasteiger partial charge is 0.335 e. The highest BCUT2D eigenvalue weighted by atomic mass is 16.5. The Kier molecular flexibility index (Phi) is 65.2. The number of aliphatic hydroxyl groups excluding tert-OH is 1. The molecule has 0 spiro atoms. The van der Waals surface area contributed by atoms with Gasteiger partial charge in [-0.3, -0.25) is 4.79 Å². The zero-order valence-corrected chi connectivity index (χ0v) is 51.1. The van der Waals surface area contributed by atoms with Gasteiger partial charge < -0.3 is 20.1 Å². The van der Waals surface area contributed by atoms with E-state index >= 15 is 0 Å². The second-order valence-corrected chi connectivity index (χ2v) is 23.7. The van der Waals surface area contributed by atoms with Crippen LogP contribution in [0.3, 0.4) is 0 Å². The number of carboxylic acid groups (broad SMARTS) is 1. The van der Waals surface area contributed by atoms with Crippen LogP contribution in [-0.4, -0.2) is 45.6 Å². The number of esters is 1. The Bertz CT molecular complexity index is 1030. The zero-order chi connectivity index (χ0) is 54.4. The topological polar surface area (TPSA) is 104 Å². The van der Waals surface area contributed by atoms with Crippen LogP contribution in [0.2, 0.25) is 0 Å². The van der Waals surface area contributed by atoms with Crippen LogP contribution in [0.4, 0.5) is 0 Å². The third kappa shape index (κ3) is 61.7. The van der Waals surface area contributed by atoms with Gasteiger partial charge in [-0.1, -0.05) is 349 Å². The molecule has 0 aromatic carbocycles. The number of aliphatic hydroxyl groups is 2. The van der Waals surface area contributed by atoms with Crippen molar-refractivity contribution >= 4 is 11.9 Å². The first-order valence-electron chi connectivity index (χ1n) is 34.1. The molecular weight excluding hydrogens is 913 g/mol. The van der Waals surface area contributed by atoms with Crippen molar-refractivity contribution in [3.05, 3.63) is 0 Å². The zero-order valence-electron chi connectivity index (χ0n) is 51.1. The fourth-order valence-corrected chi connectivity index (χ4v) is 10.8. The van der Waals surface area contributed by atoms with Crippen LogP contribution in [0.1, 0.15) is 407 Å². The molecule has 0 aliphatic rings. The van der Waals surface area contributed by atoms with E-state index < -0.39 is 11.6 Å². The lowest BCUT2D eigenvalue weighted by Gasteiger charge is -2.23. The highest BCUT2D eigenvalue weighted by Gasteiger charge is 2.34. The molecule has 0 saturated heterocycles. The molecule has 444 valence electrons. The summed E-state index contributed by atoms with van der Waals surface area (Å²) in [5, 5.41) is 30.3. The maximum Gasteiger partial charge on any atom is 0.335 e. The number of hydrogen-bond acceptors (Lipinski definition) is 5. The van der Waals surface area contributed by atoms with Gasteiger partial charge in [0.2, 0.25) is 0 Å². The van der Waals surface area contributed by atoms with Crippen molar-refractivity contribution in [2.24, 2.45) is 0 Å². The fraction of sp³-hybridized carbons (Fsp3) is 0.971. The van der Waals surface area contributed by atoms with Crippen LogP contribution in [0, 0.1) is 0 Å². The Balaban J connectivity index is 0. The number of aliphatic carboxylic acids is 1. The maximum atomic E-state index is 11.9. The normalized spacial score (nSPS) is 12.0. The van der Waals surface area contributed by atoms with Crippen molar-refractivity contribution in [2.45, 2.75) is 418 Å². The first kappa shape index (κ1) is 74.9. The Morgan fingerprint density at radius 1 is 0.324 bits per heavy atom. The summed E-state index contributed by atoms with van der Waals surface area (Å²) in [7, 11) is 0. The number of carboxylic acids is 1. The van der Waals surface area contributed by atoms with E-state index in [0.717, 1.165) is 57.8 Å². The minimum Gasteiger partial charge on any atom is -0.479 e. The minimum atomic E-state index is -1.51. The van der Waals surface area contributed by atoms with Crippen LogP contribution >= 0.6 is 0 Å². The quantitative estimate of drug-likeness (QED) is 0.0414. The molecule has 6 heteroatoms. The highest BCUT2D eigenvalue weighted by Crippen LogP contribution is 2.25. The first-order valence-corrected chi connectivity index (χ1v) is 34.1. The lowest BCUT2D eigenvalue weighted by molar-refractivity contribution is -0.160. The SMILES string of the molecule is CCCCCCCCCCCCCCCCC(O)(CCCCCCCCCCCCCCCC)C(=O)O.CCCCCCCCCCCCCCCCOC(=O)CCCCCCCCCCC(O)CCCCCC. The van der Waals surface area contributed by atoms with Crippen molar-refractivity contribution < 1.29 is 29.6 Å². The molecule has 0 aromatic rings. The molecule has 0 amide bonds. The Hall–Kier alpha value is -1.14. The highest BCUT2D eigenvalue weighted by molar-refractivity contribution is 5.76. The molecule has 0 radical (unpaired) electrons. The fourth-order valence-electron chi connectivity index (χ4n) is 10.8. The Morgan fingerprint density at radius 2 is 0.541 bits per heavy atom. The molecule has 0 saturated carbocycles. The minimum absolute atomic E-state index is 0.00273. The van der Waals surface area contributed by atoms with Crippen LogP contribution in [0.5, 0.6) is 0 Å². The van der Waals surface area contributed by atoms with Gasteiger partial charge in [-0.25, -0.2) is 4.79 Å². The second kappa shape index (κ2) is 64.4. The standard InChI is InChI=1S/2C34H68O3/c1-3-5-7-9-10-11-12-13-14-15-18-21-24-28-32-37-34(36)31-27-23-20-17-16-19-22-26-30-33(35)29-25-8-6-4-2;1-3-5-7-9-11-13-15-17-19-21-23-25-27-29-31-34(37,33(35)36)32-30-28-26-24-22-20-18-16-14-12-10-8-6-4-2/h33,35H,3-32H2,1-2H3;37H,3-32H2,1-2H3,(H,35,36). The molecule has 0 fully saturated rings. The summed E-state index contributed by atoms with van der Waals surface area (Å²) in [6.07, 6.45) is 73.0. The number of hydrogen-bond donors (Lipinski definition) is 3. The van der Waals surface area contributed by atoms with Gasteiger partial charge in [0.15, 0.2) is 5.60 Å². The molecule has 6 nitrogen and oxygen atoms in total. The first-order chi connectivity index (χ1) is 36.3. The van der Waals surface area contributed by atoms with Crippen LogP contribution in [0.15, 0.2) is 0 Å². The van der Waals surface area contributed by atoms with E-state index in [9.17, 15) is 24.9 Å². The third-order valence-electron chi connectivity index (χ3n) is 16.1. The summed E-state index contributed by atoms with van der Waals surface area (Å²) in [6.45, 7) is 9.67. The third-order valence-corrected chi connectivity index (χ3v) is 16.1.